The fraction of sp³-hybridized carbons (Fsp3) is 0.200. The van der Waals surface area contributed by atoms with Gasteiger partial charge in [-0.15, -0.1) is 0 Å². The third kappa shape index (κ3) is 5.37. The number of amides is 2. The molecule has 0 spiro atoms. The van der Waals surface area contributed by atoms with Crippen molar-refractivity contribution in [2.24, 2.45) is 10.2 Å². The van der Waals surface area contributed by atoms with E-state index < -0.39 is 11.8 Å². The van der Waals surface area contributed by atoms with Gasteiger partial charge in [0.15, 0.2) is 0 Å². The summed E-state index contributed by atoms with van der Waals surface area (Å²) in [5, 5.41) is 7.90. The highest BCUT2D eigenvalue weighted by molar-refractivity contribution is 6.35. The molecule has 2 amide bonds. The van der Waals surface area contributed by atoms with Crippen LogP contribution in [-0.2, 0) is 9.59 Å². The van der Waals surface area contributed by atoms with Crippen LogP contribution in [0.2, 0.25) is 0 Å². The minimum Gasteiger partial charge on any atom is -0.262 e. The molecule has 0 aliphatic carbocycles. The van der Waals surface area contributed by atoms with E-state index in [-0.39, 0.29) is 0 Å². The summed E-state index contributed by atoms with van der Waals surface area (Å²) < 4.78 is 0. The maximum atomic E-state index is 11.8. The van der Waals surface area contributed by atoms with Crippen molar-refractivity contribution in [3.05, 3.63) is 70.8 Å². The predicted octanol–water partition coefficient (Wildman–Crippen LogP) is 2.68. The third-order valence-electron chi connectivity index (χ3n) is 3.80. The molecule has 0 saturated carbocycles. The Kier molecular flexibility index (Phi) is 6.38. The molecule has 0 saturated heterocycles. The molecule has 2 aromatic rings. The van der Waals surface area contributed by atoms with E-state index in [0.29, 0.717) is 11.4 Å². The number of aryl methyl sites for hydroxylation is 2. The zero-order chi connectivity index (χ0) is 19.1. The van der Waals surface area contributed by atoms with Crippen molar-refractivity contribution in [2.75, 3.05) is 0 Å². The molecule has 0 aliphatic rings. The average molecular weight is 350 g/mol. The van der Waals surface area contributed by atoms with Gasteiger partial charge in [0.25, 0.3) is 0 Å². The average Bonchev–Trinajstić information content (AvgIpc) is 2.64. The molecule has 0 radical (unpaired) electrons. The van der Waals surface area contributed by atoms with Crippen molar-refractivity contribution in [1.29, 1.82) is 0 Å². The minimum absolute atomic E-state index is 0.602. The smallest absolute Gasteiger partial charge is 0.262 e. The van der Waals surface area contributed by atoms with Gasteiger partial charge in [0.2, 0.25) is 0 Å². The molecule has 2 N–H and O–H groups in total. The van der Waals surface area contributed by atoms with E-state index in [4.69, 9.17) is 0 Å². The van der Waals surface area contributed by atoms with Crippen LogP contribution in [0.5, 0.6) is 0 Å². The van der Waals surface area contributed by atoms with Crippen LogP contribution < -0.4 is 10.9 Å². The maximum Gasteiger partial charge on any atom is 0.331 e. The molecule has 0 heterocycles. The molecule has 2 rings (SSSR count). The van der Waals surface area contributed by atoms with Crippen LogP contribution in [0, 0.1) is 13.8 Å². The number of nitrogens with one attached hydrogen (secondary N) is 2. The molecular formula is C20H22N4O2. The van der Waals surface area contributed by atoms with Crippen LogP contribution in [0.15, 0.2) is 58.7 Å². The second-order valence-electron chi connectivity index (χ2n) is 6.01. The van der Waals surface area contributed by atoms with Crippen LogP contribution in [0.25, 0.3) is 0 Å². The molecule has 6 nitrogen and oxygen atoms in total. The standard InChI is InChI=1S/C20H22N4O2/c1-13-5-9-17(10-6-13)15(3)21-23-19(25)20(26)24-22-16(4)18-11-7-14(2)8-12-18/h5-12H,1-4H3,(H,23,25)(H,24,26)/b21-15-,22-16-. The van der Waals surface area contributed by atoms with Gasteiger partial charge in [0.05, 0.1) is 11.4 Å². The number of benzene rings is 2. The molecule has 0 unspecified atom stereocenters. The summed E-state index contributed by atoms with van der Waals surface area (Å²) >= 11 is 0. The number of nitrogens with zero attached hydrogens (tertiary/aromatic N) is 2. The van der Waals surface area contributed by atoms with Crippen molar-refractivity contribution < 1.29 is 9.59 Å². The van der Waals surface area contributed by atoms with Crippen LogP contribution in [0.1, 0.15) is 36.1 Å². The zero-order valence-electron chi connectivity index (χ0n) is 15.3. The number of rotatable bonds is 4. The van der Waals surface area contributed by atoms with Gasteiger partial charge < -0.3 is 0 Å². The molecule has 0 aromatic heterocycles. The van der Waals surface area contributed by atoms with E-state index in [9.17, 15) is 9.59 Å². The van der Waals surface area contributed by atoms with Gasteiger partial charge in [-0.2, -0.15) is 10.2 Å². The molecular weight excluding hydrogens is 328 g/mol. The fourth-order valence-corrected chi connectivity index (χ4v) is 2.09. The summed E-state index contributed by atoms with van der Waals surface area (Å²) in [5.41, 5.74) is 9.67. The first-order chi connectivity index (χ1) is 12.4. The van der Waals surface area contributed by atoms with Crippen LogP contribution in [0.4, 0.5) is 0 Å². The molecule has 0 fully saturated rings. The Labute approximate surface area is 153 Å². The molecule has 0 aliphatic heterocycles. The first-order valence-corrected chi connectivity index (χ1v) is 8.20. The maximum absolute atomic E-state index is 11.8. The van der Waals surface area contributed by atoms with E-state index in [2.05, 4.69) is 21.1 Å². The minimum atomic E-state index is -0.878. The lowest BCUT2D eigenvalue weighted by Crippen LogP contribution is -2.36. The SMILES string of the molecule is C/C(=N/NC(=O)C(=O)N/N=C(/C)c1ccc(C)cc1)c1ccc(C)cc1. The largest absolute Gasteiger partial charge is 0.331 e. The number of carbonyl (C=O) groups is 2. The molecule has 26 heavy (non-hydrogen) atoms. The molecule has 2 aromatic carbocycles. The van der Waals surface area contributed by atoms with E-state index >= 15 is 0 Å². The molecule has 6 heteroatoms. The van der Waals surface area contributed by atoms with Crippen molar-refractivity contribution >= 4 is 23.2 Å². The topological polar surface area (TPSA) is 82.9 Å². The Balaban J connectivity index is 1.93. The summed E-state index contributed by atoms with van der Waals surface area (Å²) in [4.78, 5) is 23.7. The van der Waals surface area contributed by atoms with E-state index in [0.717, 1.165) is 22.3 Å². The van der Waals surface area contributed by atoms with Gasteiger partial charge in [-0.1, -0.05) is 59.7 Å². The summed E-state index contributed by atoms with van der Waals surface area (Å²) in [7, 11) is 0. The van der Waals surface area contributed by atoms with Crippen LogP contribution in [-0.4, -0.2) is 23.2 Å². The number of hydrogen-bond donors (Lipinski definition) is 2. The quantitative estimate of drug-likeness (QED) is 0.505. The van der Waals surface area contributed by atoms with Crippen molar-refractivity contribution in [1.82, 2.24) is 10.9 Å². The fourth-order valence-electron chi connectivity index (χ4n) is 2.09. The van der Waals surface area contributed by atoms with Gasteiger partial charge in [0, 0.05) is 0 Å². The number of hydrazone groups is 2. The van der Waals surface area contributed by atoms with E-state index in [1.165, 1.54) is 0 Å². The molecule has 134 valence electrons. The van der Waals surface area contributed by atoms with Gasteiger partial charge in [-0.3, -0.25) is 9.59 Å². The van der Waals surface area contributed by atoms with E-state index in [1.807, 2.05) is 62.4 Å². The normalized spacial score (nSPS) is 11.8. The lowest BCUT2D eigenvalue weighted by molar-refractivity contribution is -0.139. The second kappa shape index (κ2) is 8.71. The predicted molar refractivity (Wildman–Crippen MR) is 103 cm³/mol. The Bertz CT molecular complexity index is 777. The van der Waals surface area contributed by atoms with Gasteiger partial charge >= 0.3 is 11.8 Å². The Morgan fingerprint density at radius 1 is 0.654 bits per heavy atom. The Hall–Kier alpha value is -3.28. The van der Waals surface area contributed by atoms with Crippen LogP contribution in [0.3, 0.4) is 0 Å². The number of hydrogen-bond acceptors (Lipinski definition) is 4. The van der Waals surface area contributed by atoms with Crippen LogP contribution >= 0.6 is 0 Å². The summed E-state index contributed by atoms with van der Waals surface area (Å²) in [5.74, 6) is -1.76. The molecule has 0 atom stereocenters. The summed E-state index contributed by atoms with van der Waals surface area (Å²) in [6.07, 6.45) is 0. The first kappa shape index (κ1) is 19.1. The summed E-state index contributed by atoms with van der Waals surface area (Å²) in [6, 6.07) is 15.4. The third-order valence-corrected chi connectivity index (χ3v) is 3.80. The second-order valence-corrected chi connectivity index (χ2v) is 6.01. The van der Waals surface area contributed by atoms with Gasteiger partial charge in [-0.25, -0.2) is 10.9 Å². The highest BCUT2D eigenvalue weighted by atomic mass is 16.2. The van der Waals surface area contributed by atoms with Crippen molar-refractivity contribution in [3.8, 4) is 0 Å². The zero-order valence-corrected chi connectivity index (χ0v) is 15.3. The van der Waals surface area contributed by atoms with Crippen molar-refractivity contribution in [3.63, 3.8) is 0 Å². The van der Waals surface area contributed by atoms with Gasteiger partial charge in [-0.05, 0) is 38.8 Å². The highest BCUT2D eigenvalue weighted by Crippen LogP contribution is 2.05. The Morgan fingerprint density at radius 3 is 1.27 bits per heavy atom. The molecule has 0 bridgehead atoms. The first-order valence-electron chi connectivity index (χ1n) is 8.20. The monoisotopic (exact) mass is 350 g/mol. The lowest BCUT2D eigenvalue weighted by Gasteiger charge is -2.04. The van der Waals surface area contributed by atoms with E-state index in [1.54, 1.807) is 13.8 Å². The van der Waals surface area contributed by atoms with Gasteiger partial charge in [0.1, 0.15) is 0 Å². The highest BCUT2D eigenvalue weighted by Gasteiger charge is 2.12. The number of carbonyl (C=O) groups excluding carboxylic acids is 2. The summed E-state index contributed by atoms with van der Waals surface area (Å²) in [6.45, 7) is 7.48. The Morgan fingerprint density at radius 2 is 0.962 bits per heavy atom. The lowest BCUT2D eigenvalue weighted by atomic mass is 10.1. The van der Waals surface area contributed by atoms with Crippen molar-refractivity contribution in [2.45, 2.75) is 27.7 Å².